The average Bonchev–Trinajstić information content (AvgIpc) is 2.86. The molecule has 2 heterocycles. The van der Waals surface area contributed by atoms with Gasteiger partial charge in [0, 0.05) is 30.3 Å². The van der Waals surface area contributed by atoms with Crippen LogP contribution in [0.2, 0.25) is 0 Å². The Bertz CT molecular complexity index is 377. The van der Waals surface area contributed by atoms with E-state index in [0.717, 1.165) is 18.9 Å². The van der Waals surface area contributed by atoms with Gasteiger partial charge in [-0.3, -0.25) is 0 Å². The summed E-state index contributed by atoms with van der Waals surface area (Å²) < 4.78 is 0. The molecule has 2 atom stereocenters. The molecule has 1 aliphatic rings. The van der Waals surface area contributed by atoms with E-state index in [-0.39, 0.29) is 0 Å². The Balaban J connectivity index is 1.91. The molecule has 2 rings (SSSR count). The second-order valence-electron chi connectivity index (χ2n) is 5.61. The van der Waals surface area contributed by atoms with E-state index in [1.165, 1.54) is 43.1 Å². The Hall–Kier alpha value is -0.450. The Morgan fingerprint density at radius 3 is 3.11 bits per heavy atom. The molecule has 0 amide bonds. The van der Waals surface area contributed by atoms with E-state index < -0.39 is 0 Å². The van der Waals surface area contributed by atoms with Crippen LogP contribution in [0.1, 0.15) is 43.8 Å². The highest BCUT2D eigenvalue weighted by Gasteiger charge is 2.22. The van der Waals surface area contributed by atoms with Gasteiger partial charge in [0.1, 0.15) is 0 Å². The zero-order chi connectivity index (χ0) is 13.7. The monoisotopic (exact) mass is 281 g/mol. The van der Waals surface area contributed by atoms with Crippen molar-refractivity contribution in [1.29, 1.82) is 0 Å². The number of hydrogen-bond donors (Lipinski definition) is 1. The summed E-state index contributed by atoms with van der Waals surface area (Å²) in [5, 5.41) is 6.84. The Labute approximate surface area is 121 Å². The minimum absolute atomic E-state index is 0.511. The van der Waals surface area contributed by atoms with Crippen molar-refractivity contribution in [2.45, 2.75) is 58.0 Å². The fraction of sp³-hybridized carbons (Fsp3) is 0.800. The molecule has 0 aromatic carbocycles. The van der Waals surface area contributed by atoms with Crippen molar-refractivity contribution >= 4 is 11.3 Å². The van der Waals surface area contributed by atoms with Gasteiger partial charge < -0.3 is 10.2 Å². The van der Waals surface area contributed by atoms with Crippen molar-refractivity contribution in [3.8, 4) is 0 Å². The average molecular weight is 281 g/mol. The summed E-state index contributed by atoms with van der Waals surface area (Å²) >= 11 is 1.84. The third-order valence-electron chi connectivity index (χ3n) is 4.17. The van der Waals surface area contributed by atoms with Crippen molar-refractivity contribution < 1.29 is 0 Å². The van der Waals surface area contributed by atoms with Crippen molar-refractivity contribution in [2.75, 3.05) is 20.1 Å². The van der Waals surface area contributed by atoms with Gasteiger partial charge in [0.25, 0.3) is 0 Å². The molecule has 4 heteroatoms. The summed E-state index contributed by atoms with van der Waals surface area (Å²) in [6, 6.07) is 1.23. The predicted molar refractivity (Wildman–Crippen MR) is 82.9 cm³/mol. The lowest BCUT2D eigenvalue weighted by atomic mass is 10.00. The largest absolute Gasteiger partial charge is 0.317 e. The van der Waals surface area contributed by atoms with Crippen LogP contribution in [0.25, 0.3) is 0 Å². The molecule has 0 spiro atoms. The van der Waals surface area contributed by atoms with E-state index in [2.05, 4.69) is 29.4 Å². The fourth-order valence-electron chi connectivity index (χ4n) is 2.86. The lowest BCUT2D eigenvalue weighted by Gasteiger charge is -2.34. The highest BCUT2D eigenvalue weighted by atomic mass is 32.1. The maximum absolute atomic E-state index is 4.81. The number of hydrogen-bond acceptors (Lipinski definition) is 4. The zero-order valence-electron chi connectivity index (χ0n) is 12.5. The summed E-state index contributed by atoms with van der Waals surface area (Å²) in [6.07, 6.45) is 6.28. The molecule has 1 N–H and O–H groups in total. The van der Waals surface area contributed by atoms with Crippen molar-refractivity contribution in [3.63, 3.8) is 0 Å². The van der Waals surface area contributed by atoms with Gasteiger partial charge in [-0.2, -0.15) is 0 Å². The standard InChI is InChI=1S/C15H27N3S/c1-4-18-8-6-5-7-14(18)10-15-17-13(11-19-15)9-12(2)16-3/h11-12,14,16H,4-10H2,1-3H3. The minimum Gasteiger partial charge on any atom is -0.317 e. The smallest absolute Gasteiger partial charge is 0.0943 e. The number of thiazole rings is 1. The van der Waals surface area contributed by atoms with Crippen LogP contribution in [-0.2, 0) is 12.8 Å². The maximum atomic E-state index is 4.81. The number of piperidine rings is 1. The first-order chi connectivity index (χ1) is 9.22. The third-order valence-corrected chi connectivity index (χ3v) is 5.09. The molecule has 0 saturated carbocycles. The van der Waals surface area contributed by atoms with Crippen LogP contribution in [0, 0.1) is 0 Å². The molecule has 1 saturated heterocycles. The van der Waals surface area contributed by atoms with Crippen molar-refractivity contribution in [3.05, 3.63) is 16.1 Å². The second-order valence-corrected chi connectivity index (χ2v) is 6.55. The lowest BCUT2D eigenvalue weighted by molar-refractivity contribution is 0.155. The maximum Gasteiger partial charge on any atom is 0.0943 e. The quantitative estimate of drug-likeness (QED) is 0.869. The van der Waals surface area contributed by atoms with E-state index in [1.807, 2.05) is 18.4 Å². The van der Waals surface area contributed by atoms with Crippen LogP contribution >= 0.6 is 11.3 Å². The van der Waals surface area contributed by atoms with Crippen LogP contribution in [0.4, 0.5) is 0 Å². The van der Waals surface area contributed by atoms with Gasteiger partial charge in [0.15, 0.2) is 0 Å². The highest BCUT2D eigenvalue weighted by Crippen LogP contribution is 2.22. The summed E-state index contributed by atoms with van der Waals surface area (Å²) in [4.78, 5) is 7.44. The van der Waals surface area contributed by atoms with Gasteiger partial charge in [-0.25, -0.2) is 4.98 Å². The second kappa shape index (κ2) is 7.36. The number of likely N-dealkylation sites (tertiary alicyclic amines) is 1. The number of nitrogens with one attached hydrogen (secondary N) is 1. The topological polar surface area (TPSA) is 28.2 Å². The van der Waals surface area contributed by atoms with Gasteiger partial charge >= 0.3 is 0 Å². The number of likely N-dealkylation sites (N-methyl/N-ethyl adjacent to an activating group) is 2. The van der Waals surface area contributed by atoms with Crippen LogP contribution in [0.15, 0.2) is 5.38 Å². The SMILES string of the molecule is CCN1CCCCC1Cc1nc(CC(C)NC)cs1. The third kappa shape index (κ3) is 4.26. The summed E-state index contributed by atoms with van der Waals surface area (Å²) in [5.74, 6) is 0. The molecule has 19 heavy (non-hydrogen) atoms. The van der Waals surface area contributed by atoms with Crippen molar-refractivity contribution in [2.24, 2.45) is 0 Å². The number of nitrogens with zero attached hydrogens (tertiary/aromatic N) is 2. The molecule has 1 aliphatic heterocycles. The summed E-state index contributed by atoms with van der Waals surface area (Å²) in [5.41, 5.74) is 1.25. The molecule has 1 aromatic heterocycles. The van der Waals surface area contributed by atoms with Gasteiger partial charge in [0.2, 0.25) is 0 Å². The van der Waals surface area contributed by atoms with Crippen LogP contribution < -0.4 is 5.32 Å². The van der Waals surface area contributed by atoms with E-state index in [4.69, 9.17) is 4.98 Å². The number of rotatable bonds is 6. The first-order valence-corrected chi connectivity index (χ1v) is 8.45. The van der Waals surface area contributed by atoms with E-state index in [0.29, 0.717) is 6.04 Å². The van der Waals surface area contributed by atoms with Gasteiger partial charge in [0.05, 0.1) is 10.7 Å². The van der Waals surface area contributed by atoms with Crippen LogP contribution in [-0.4, -0.2) is 42.1 Å². The van der Waals surface area contributed by atoms with Gasteiger partial charge in [-0.15, -0.1) is 11.3 Å². The molecule has 1 fully saturated rings. The Morgan fingerprint density at radius 2 is 2.37 bits per heavy atom. The van der Waals surface area contributed by atoms with Crippen LogP contribution in [0.3, 0.4) is 0 Å². The normalized spacial score (nSPS) is 22.6. The summed E-state index contributed by atoms with van der Waals surface area (Å²) in [7, 11) is 2.01. The first kappa shape index (κ1) is 14.9. The zero-order valence-corrected chi connectivity index (χ0v) is 13.3. The van der Waals surface area contributed by atoms with E-state index in [9.17, 15) is 0 Å². The summed E-state index contributed by atoms with van der Waals surface area (Å²) in [6.45, 7) is 6.94. The predicted octanol–water partition coefficient (Wildman–Crippen LogP) is 2.71. The highest BCUT2D eigenvalue weighted by molar-refractivity contribution is 7.09. The number of aromatic nitrogens is 1. The molecular weight excluding hydrogens is 254 g/mol. The molecule has 2 unspecified atom stereocenters. The molecule has 0 aliphatic carbocycles. The molecule has 108 valence electrons. The molecule has 1 aromatic rings. The van der Waals surface area contributed by atoms with Crippen molar-refractivity contribution in [1.82, 2.24) is 15.2 Å². The molecule has 0 radical (unpaired) electrons. The lowest BCUT2D eigenvalue weighted by Crippen LogP contribution is -2.40. The van der Waals surface area contributed by atoms with Crippen LogP contribution in [0.5, 0.6) is 0 Å². The Morgan fingerprint density at radius 1 is 1.53 bits per heavy atom. The molecule has 0 bridgehead atoms. The molecule has 3 nitrogen and oxygen atoms in total. The van der Waals surface area contributed by atoms with Gasteiger partial charge in [-0.05, 0) is 39.9 Å². The van der Waals surface area contributed by atoms with E-state index >= 15 is 0 Å². The van der Waals surface area contributed by atoms with Gasteiger partial charge in [-0.1, -0.05) is 13.3 Å². The molecular formula is C15H27N3S. The Kier molecular flexibility index (Phi) is 5.79. The fourth-order valence-corrected chi connectivity index (χ4v) is 3.74. The first-order valence-electron chi connectivity index (χ1n) is 7.57. The minimum atomic E-state index is 0.511. The van der Waals surface area contributed by atoms with E-state index in [1.54, 1.807) is 0 Å².